The summed E-state index contributed by atoms with van der Waals surface area (Å²) in [5.74, 6) is 0.314. The molecule has 0 spiro atoms. The van der Waals surface area contributed by atoms with E-state index in [0.29, 0.717) is 22.6 Å². The van der Waals surface area contributed by atoms with E-state index in [4.69, 9.17) is 4.74 Å². The van der Waals surface area contributed by atoms with Gasteiger partial charge in [0.15, 0.2) is 5.78 Å². The molecule has 0 aliphatic rings. The van der Waals surface area contributed by atoms with Gasteiger partial charge in [-0.05, 0) is 55.5 Å². The first-order chi connectivity index (χ1) is 13.1. The highest BCUT2D eigenvalue weighted by molar-refractivity contribution is 6.06. The maximum atomic E-state index is 12.4. The number of amides is 1. The van der Waals surface area contributed by atoms with E-state index in [2.05, 4.69) is 10.6 Å². The quantitative estimate of drug-likeness (QED) is 0.614. The van der Waals surface area contributed by atoms with Crippen LogP contribution in [0.1, 0.15) is 27.6 Å². The van der Waals surface area contributed by atoms with Gasteiger partial charge in [0, 0.05) is 22.6 Å². The lowest BCUT2D eigenvalue weighted by molar-refractivity contribution is 0.101. The van der Waals surface area contributed by atoms with Crippen LogP contribution in [0.25, 0.3) is 0 Å². The summed E-state index contributed by atoms with van der Waals surface area (Å²) < 4.78 is 5.22. The third-order valence-electron chi connectivity index (χ3n) is 4.05. The van der Waals surface area contributed by atoms with E-state index in [1.807, 2.05) is 42.5 Å². The summed E-state index contributed by atoms with van der Waals surface area (Å²) in [7, 11) is 1.54. The topological polar surface area (TPSA) is 67.4 Å². The van der Waals surface area contributed by atoms with Gasteiger partial charge in [-0.25, -0.2) is 0 Å². The minimum absolute atomic E-state index is 0.0213. The Morgan fingerprint density at radius 3 is 2.22 bits per heavy atom. The molecule has 27 heavy (non-hydrogen) atoms. The van der Waals surface area contributed by atoms with Crippen molar-refractivity contribution in [3.8, 4) is 5.75 Å². The van der Waals surface area contributed by atoms with Gasteiger partial charge in [0.05, 0.1) is 12.7 Å². The standard InChI is InChI=1S/C22H20N2O3/c1-15(25)16-6-5-7-19(14-16)23-17-10-12-18(13-11-17)24-22(26)20-8-3-4-9-21(20)27-2/h3-14,23H,1-2H3,(H,24,26). The number of ketones is 1. The summed E-state index contributed by atoms with van der Waals surface area (Å²) in [6.07, 6.45) is 0. The van der Waals surface area contributed by atoms with Crippen molar-refractivity contribution in [3.63, 3.8) is 0 Å². The third-order valence-corrected chi connectivity index (χ3v) is 4.05. The second kappa shape index (κ2) is 8.19. The van der Waals surface area contributed by atoms with Crippen molar-refractivity contribution in [1.29, 1.82) is 0 Å². The number of hydrogen-bond donors (Lipinski definition) is 2. The fraction of sp³-hybridized carbons (Fsp3) is 0.0909. The monoisotopic (exact) mass is 360 g/mol. The van der Waals surface area contributed by atoms with Crippen molar-refractivity contribution in [1.82, 2.24) is 0 Å². The van der Waals surface area contributed by atoms with Crippen molar-refractivity contribution in [3.05, 3.63) is 83.9 Å². The number of carbonyl (C=O) groups is 2. The fourth-order valence-corrected chi connectivity index (χ4v) is 2.65. The molecular weight excluding hydrogens is 340 g/mol. The molecule has 3 aromatic rings. The molecule has 0 aliphatic heterocycles. The van der Waals surface area contributed by atoms with Crippen LogP contribution in [-0.4, -0.2) is 18.8 Å². The molecule has 0 bridgehead atoms. The number of nitrogens with one attached hydrogen (secondary N) is 2. The van der Waals surface area contributed by atoms with Crippen LogP contribution in [0.15, 0.2) is 72.8 Å². The number of hydrogen-bond acceptors (Lipinski definition) is 4. The average Bonchev–Trinajstić information content (AvgIpc) is 2.69. The third kappa shape index (κ3) is 4.52. The summed E-state index contributed by atoms with van der Waals surface area (Å²) in [6, 6.07) is 21.7. The van der Waals surface area contributed by atoms with E-state index in [-0.39, 0.29) is 11.7 Å². The molecular formula is C22H20N2O3. The van der Waals surface area contributed by atoms with E-state index in [1.54, 1.807) is 30.3 Å². The van der Waals surface area contributed by atoms with Crippen molar-refractivity contribution in [2.45, 2.75) is 6.92 Å². The van der Waals surface area contributed by atoms with E-state index in [0.717, 1.165) is 11.4 Å². The summed E-state index contributed by atoms with van der Waals surface area (Å²) in [4.78, 5) is 23.9. The molecule has 1 amide bonds. The van der Waals surface area contributed by atoms with Gasteiger partial charge in [-0.3, -0.25) is 9.59 Å². The van der Waals surface area contributed by atoms with E-state index < -0.39 is 0 Å². The van der Waals surface area contributed by atoms with E-state index in [9.17, 15) is 9.59 Å². The first-order valence-corrected chi connectivity index (χ1v) is 8.49. The van der Waals surface area contributed by atoms with Gasteiger partial charge in [-0.1, -0.05) is 24.3 Å². The first-order valence-electron chi connectivity index (χ1n) is 8.49. The Balaban J connectivity index is 1.69. The molecule has 0 saturated heterocycles. The number of methoxy groups -OCH3 is 1. The summed E-state index contributed by atoms with van der Waals surface area (Å²) in [5, 5.41) is 6.10. The van der Waals surface area contributed by atoms with Crippen LogP contribution in [0.3, 0.4) is 0 Å². The van der Waals surface area contributed by atoms with E-state index in [1.165, 1.54) is 14.0 Å². The molecule has 0 aliphatic carbocycles. The predicted molar refractivity (Wildman–Crippen MR) is 107 cm³/mol. The molecule has 3 aromatic carbocycles. The molecule has 2 N–H and O–H groups in total. The second-order valence-corrected chi connectivity index (χ2v) is 5.99. The van der Waals surface area contributed by atoms with E-state index >= 15 is 0 Å². The summed E-state index contributed by atoms with van der Waals surface area (Å²) >= 11 is 0. The molecule has 0 radical (unpaired) electrons. The fourth-order valence-electron chi connectivity index (χ4n) is 2.65. The van der Waals surface area contributed by atoms with Crippen LogP contribution in [-0.2, 0) is 0 Å². The lowest BCUT2D eigenvalue weighted by atomic mass is 10.1. The molecule has 0 saturated carbocycles. The largest absolute Gasteiger partial charge is 0.496 e. The summed E-state index contributed by atoms with van der Waals surface area (Å²) in [5.41, 5.74) is 3.48. The summed E-state index contributed by atoms with van der Waals surface area (Å²) in [6.45, 7) is 1.54. The minimum atomic E-state index is -0.234. The lowest BCUT2D eigenvalue weighted by Crippen LogP contribution is -2.13. The van der Waals surface area contributed by atoms with Crippen LogP contribution in [0.2, 0.25) is 0 Å². The Labute approximate surface area is 158 Å². The first kappa shape index (κ1) is 18.2. The van der Waals surface area contributed by atoms with Crippen molar-refractivity contribution in [2.75, 3.05) is 17.7 Å². The number of para-hydroxylation sites is 1. The van der Waals surface area contributed by atoms with Gasteiger partial charge < -0.3 is 15.4 Å². The Morgan fingerprint density at radius 2 is 1.52 bits per heavy atom. The van der Waals surface area contributed by atoms with Crippen LogP contribution in [0, 0.1) is 0 Å². The molecule has 0 fully saturated rings. The highest BCUT2D eigenvalue weighted by atomic mass is 16.5. The Morgan fingerprint density at radius 1 is 0.815 bits per heavy atom. The number of anilines is 3. The molecule has 136 valence electrons. The van der Waals surface area contributed by atoms with Gasteiger partial charge in [0.2, 0.25) is 0 Å². The van der Waals surface area contributed by atoms with Crippen molar-refractivity contribution >= 4 is 28.8 Å². The molecule has 5 nitrogen and oxygen atoms in total. The van der Waals surface area contributed by atoms with Crippen molar-refractivity contribution < 1.29 is 14.3 Å². The number of carbonyl (C=O) groups excluding carboxylic acids is 2. The smallest absolute Gasteiger partial charge is 0.259 e. The SMILES string of the molecule is COc1ccccc1C(=O)Nc1ccc(Nc2cccc(C(C)=O)c2)cc1. The number of Topliss-reactive ketones (excluding diaryl/α,β-unsaturated/α-hetero) is 1. The minimum Gasteiger partial charge on any atom is -0.496 e. The number of rotatable bonds is 6. The normalized spacial score (nSPS) is 10.1. The lowest BCUT2D eigenvalue weighted by Gasteiger charge is -2.11. The molecule has 0 atom stereocenters. The zero-order chi connectivity index (χ0) is 19.2. The predicted octanol–water partition coefficient (Wildman–Crippen LogP) is 4.89. The van der Waals surface area contributed by atoms with Gasteiger partial charge in [-0.15, -0.1) is 0 Å². The highest BCUT2D eigenvalue weighted by Crippen LogP contribution is 2.22. The molecule has 0 aromatic heterocycles. The zero-order valence-corrected chi connectivity index (χ0v) is 15.2. The molecule has 3 rings (SSSR count). The number of benzene rings is 3. The van der Waals surface area contributed by atoms with Crippen molar-refractivity contribution in [2.24, 2.45) is 0 Å². The van der Waals surface area contributed by atoms with Gasteiger partial charge >= 0.3 is 0 Å². The van der Waals surface area contributed by atoms with Gasteiger partial charge in [-0.2, -0.15) is 0 Å². The van der Waals surface area contributed by atoms with Crippen LogP contribution in [0.5, 0.6) is 5.75 Å². The van der Waals surface area contributed by atoms with Gasteiger partial charge in [0.1, 0.15) is 5.75 Å². The van der Waals surface area contributed by atoms with Gasteiger partial charge in [0.25, 0.3) is 5.91 Å². The number of ether oxygens (including phenoxy) is 1. The van der Waals surface area contributed by atoms with Crippen LogP contribution in [0.4, 0.5) is 17.1 Å². The second-order valence-electron chi connectivity index (χ2n) is 5.99. The Hall–Kier alpha value is -3.60. The van der Waals surface area contributed by atoms with Crippen LogP contribution >= 0.6 is 0 Å². The molecule has 0 heterocycles. The molecule has 5 heteroatoms. The average molecular weight is 360 g/mol. The zero-order valence-electron chi connectivity index (χ0n) is 15.2. The Bertz CT molecular complexity index is 965. The maximum Gasteiger partial charge on any atom is 0.259 e. The Kier molecular flexibility index (Phi) is 5.52. The van der Waals surface area contributed by atoms with Crippen LogP contribution < -0.4 is 15.4 Å². The highest BCUT2D eigenvalue weighted by Gasteiger charge is 2.11. The molecule has 0 unspecified atom stereocenters. The maximum absolute atomic E-state index is 12.4.